The highest BCUT2D eigenvalue weighted by atomic mass is 32.1. The number of hydrogen-bond acceptors (Lipinski definition) is 5. The number of nitrogens with zero attached hydrogens (tertiary/aromatic N) is 3. The van der Waals surface area contributed by atoms with Gasteiger partial charge in [-0.3, -0.25) is 18.7 Å². The molecule has 0 aliphatic rings. The molecule has 4 aromatic rings. The summed E-state index contributed by atoms with van der Waals surface area (Å²) in [5.41, 5.74) is 3.52. The third-order valence-electron chi connectivity index (χ3n) is 4.61. The molecule has 2 N–H and O–H groups in total. The van der Waals surface area contributed by atoms with E-state index in [0.29, 0.717) is 22.0 Å². The number of thiazole rings is 1. The highest BCUT2D eigenvalue weighted by Crippen LogP contribution is 2.26. The van der Waals surface area contributed by atoms with Crippen LogP contribution in [0.1, 0.15) is 6.92 Å². The number of aryl methyl sites for hydroxylation is 1. The Bertz CT molecular complexity index is 1300. The molecule has 4 rings (SSSR count). The van der Waals surface area contributed by atoms with Crippen molar-refractivity contribution in [3.8, 4) is 11.3 Å². The van der Waals surface area contributed by atoms with Crippen LogP contribution in [0.2, 0.25) is 0 Å². The molecule has 0 fully saturated rings. The van der Waals surface area contributed by atoms with Crippen LogP contribution < -0.4 is 16.3 Å². The van der Waals surface area contributed by atoms with Crippen molar-refractivity contribution in [3.63, 3.8) is 0 Å². The fourth-order valence-electron chi connectivity index (χ4n) is 3.21. The maximum absolute atomic E-state index is 12.5. The minimum absolute atomic E-state index is 0.0967. The van der Waals surface area contributed by atoms with E-state index >= 15 is 0 Å². The predicted octanol–water partition coefficient (Wildman–Crippen LogP) is 3.06. The van der Waals surface area contributed by atoms with E-state index in [2.05, 4.69) is 15.6 Å². The molecule has 0 bridgehead atoms. The first-order valence-electron chi connectivity index (χ1n) is 9.20. The average molecular weight is 421 g/mol. The van der Waals surface area contributed by atoms with Crippen LogP contribution in [0.25, 0.3) is 22.3 Å². The monoisotopic (exact) mass is 421 g/mol. The zero-order valence-electron chi connectivity index (χ0n) is 16.4. The van der Waals surface area contributed by atoms with Gasteiger partial charge in [-0.2, -0.15) is 0 Å². The van der Waals surface area contributed by atoms with E-state index in [4.69, 9.17) is 0 Å². The summed E-state index contributed by atoms with van der Waals surface area (Å²) in [4.78, 5) is 40.6. The highest BCUT2D eigenvalue weighted by Gasteiger charge is 2.14. The fraction of sp³-hybridized carbons (Fsp3) is 0.143. The summed E-state index contributed by atoms with van der Waals surface area (Å²) in [6.45, 7) is 1.36. The summed E-state index contributed by atoms with van der Waals surface area (Å²) in [7, 11) is 1.68. The molecular formula is C21H19N5O3S. The number of fused-ring (bicyclic) bond motifs is 1. The fourth-order valence-corrected chi connectivity index (χ4v) is 3.95. The Labute approximate surface area is 175 Å². The van der Waals surface area contributed by atoms with Gasteiger partial charge >= 0.3 is 5.69 Å². The van der Waals surface area contributed by atoms with E-state index in [1.807, 2.05) is 41.8 Å². The molecule has 8 nitrogen and oxygen atoms in total. The predicted molar refractivity (Wildman–Crippen MR) is 118 cm³/mol. The number of nitrogens with one attached hydrogen (secondary N) is 2. The third-order valence-corrected chi connectivity index (χ3v) is 5.36. The zero-order valence-corrected chi connectivity index (χ0v) is 17.2. The normalized spacial score (nSPS) is 10.9. The molecular weight excluding hydrogens is 402 g/mol. The van der Waals surface area contributed by atoms with Crippen LogP contribution in [-0.2, 0) is 23.2 Å². The van der Waals surface area contributed by atoms with Gasteiger partial charge in [-0.05, 0) is 24.3 Å². The van der Waals surface area contributed by atoms with Crippen molar-refractivity contribution < 1.29 is 9.59 Å². The van der Waals surface area contributed by atoms with Gasteiger partial charge in [-0.15, -0.1) is 11.3 Å². The van der Waals surface area contributed by atoms with Crippen molar-refractivity contribution in [1.29, 1.82) is 0 Å². The molecule has 0 unspecified atom stereocenters. The number of aromatic nitrogens is 3. The number of hydrogen-bond donors (Lipinski definition) is 2. The lowest BCUT2D eigenvalue weighted by molar-refractivity contribution is -0.117. The number of benzene rings is 2. The molecule has 0 saturated carbocycles. The summed E-state index contributed by atoms with van der Waals surface area (Å²) in [5.74, 6) is -0.456. The first kappa shape index (κ1) is 19.6. The maximum Gasteiger partial charge on any atom is 0.329 e. The molecule has 0 radical (unpaired) electrons. The van der Waals surface area contributed by atoms with E-state index in [1.54, 1.807) is 19.2 Å². The molecule has 0 aliphatic heterocycles. The Morgan fingerprint density at radius 2 is 1.73 bits per heavy atom. The molecule has 2 amide bonds. The van der Waals surface area contributed by atoms with Gasteiger partial charge in [0.1, 0.15) is 6.54 Å². The minimum atomic E-state index is -0.324. The largest absolute Gasteiger partial charge is 0.329 e. The van der Waals surface area contributed by atoms with Gasteiger partial charge in [0, 0.05) is 30.6 Å². The van der Waals surface area contributed by atoms with Gasteiger partial charge in [0.15, 0.2) is 5.13 Å². The summed E-state index contributed by atoms with van der Waals surface area (Å²) in [5, 5.41) is 7.77. The minimum Gasteiger partial charge on any atom is -0.326 e. The average Bonchev–Trinajstić information content (AvgIpc) is 3.27. The van der Waals surface area contributed by atoms with E-state index in [-0.39, 0.29) is 24.0 Å². The van der Waals surface area contributed by atoms with Crippen LogP contribution >= 0.6 is 11.3 Å². The molecule has 0 spiro atoms. The zero-order chi connectivity index (χ0) is 21.3. The van der Waals surface area contributed by atoms with E-state index in [9.17, 15) is 14.4 Å². The first-order valence-corrected chi connectivity index (χ1v) is 10.1. The Morgan fingerprint density at radius 1 is 1.03 bits per heavy atom. The van der Waals surface area contributed by atoms with Gasteiger partial charge in [-0.1, -0.05) is 24.3 Å². The number of para-hydroxylation sites is 2. The van der Waals surface area contributed by atoms with Crippen molar-refractivity contribution in [2.45, 2.75) is 13.5 Å². The molecule has 152 valence electrons. The number of carbonyl (C=O) groups is 2. The third kappa shape index (κ3) is 3.87. The lowest BCUT2D eigenvalue weighted by Gasteiger charge is -2.04. The first-order chi connectivity index (χ1) is 14.4. The van der Waals surface area contributed by atoms with Crippen molar-refractivity contribution in [3.05, 3.63) is 64.4 Å². The van der Waals surface area contributed by atoms with Crippen LogP contribution in [0, 0.1) is 0 Å². The smallest absolute Gasteiger partial charge is 0.326 e. The molecule has 9 heteroatoms. The van der Waals surface area contributed by atoms with E-state index < -0.39 is 0 Å². The summed E-state index contributed by atoms with van der Waals surface area (Å²) in [6, 6.07) is 14.6. The van der Waals surface area contributed by atoms with Crippen LogP contribution in [0.15, 0.2) is 58.7 Å². The number of rotatable bonds is 5. The molecule has 0 aliphatic carbocycles. The van der Waals surface area contributed by atoms with Crippen LogP contribution in [0.3, 0.4) is 0 Å². The van der Waals surface area contributed by atoms with Crippen molar-refractivity contribution >= 4 is 45.0 Å². The summed E-state index contributed by atoms with van der Waals surface area (Å²) < 4.78 is 2.97. The van der Waals surface area contributed by atoms with Crippen molar-refractivity contribution in [1.82, 2.24) is 14.1 Å². The Hall–Kier alpha value is -3.72. The van der Waals surface area contributed by atoms with Gasteiger partial charge < -0.3 is 10.6 Å². The van der Waals surface area contributed by atoms with Gasteiger partial charge in [0.2, 0.25) is 11.8 Å². The summed E-state index contributed by atoms with van der Waals surface area (Å²) >= 11 is 1.31. The Balaban J connectivity index is 1.48. The highest BCUT2D eigenvalue weighted by molar-refractivity contribution is 7.14. The van der Waals surface area contributed by atoms with Gasteiger partial charge in [0.05, 0.1) is 16.7 Å². The Kier molecular flexibility index (Phi) is 5.20. The molecule has 0 saturated heterocycles. The molecule has 0 atom stereocenters. The number of imidazole rings is 1. The van der Waals surface area contributed by atoms with Gasteiger partial charge in [-0.25, -0.2) is 9.78 Å². The standard InChI is InChI=1S/C21H19N5O3S/c1-13(27)22-15-9-7-14(8-10-15)16-12-30-20(23-16)24-19(28)11-26-18-6-4-3-5-17(18)25(2)21(26)29/h3-10,12H,11H2,1-2H3,(H,22,27)(H,23,24,28). The Morgan fingerprint density at radius 3 is 2.43 bits per heavy atom. The van der Waals surface area contributed by atoms with Crippen LogP contribution in [0.4, 0.5) is 10.8 Å². The van der Waals surface area contributed by atoms with Crippen LogP contribution in [-0.4, -0.2) is 25.9 Å². The molecule has 2 aromatic heterocycles. The van der Waals surface area contributed by atoms with E-state index in [1.165, 1.54) is 27.4 Å². The second-order valence-corrected chi connectivity index (χ2v) is 7.62. The van der Waals surface area contributed by atoms with Crippen LogP contribution in [0.5, 0.6) is 0 Å². The quantitative estimate of drug-likeness (QED) is 0.517. The van der Waals surface area contributed by atoms with E-state index in [0.717, 1.165) is 11.1 Å². The number of carbonyl (C=O) groups excluding carboxylic acids is 2. The molecule has 2 aromatic carbocycles. The number of anilines is 2. The molecule has 30 heavy (non-hydrogen) atoms. The lowest BCUT2D eigenvalue weighted by Crippen LogP contribution is -2.28. The summed E-state index contributed by atoms with van der Waals surface area (Å²) in [6.07, 6.45) is 0. The second kappa shape index (κ2) is 7.96. The van der Waals surface area contributed by atoms with Crippen molar-refractivity contribution in [2.24, 2.45) is 7.05 Å². The molecule has 2 heterocycles. The van der Waals surface area contributed by atoms with Crippen molar-refractivity contribution in [2.75, 3.05) is 10.6 Å². The topological polar surface area (TPSA) is 98.0 Å². The SMILES string of the molecule is CC(=O)Nc1ccc(-c2csc(NC(=O)Cn3c(=O)n(C)c4ccccc43)n2)cc1. The maximum atomic E-state index is 12.5. The number of amides is 2. The lowest BCUT2D eigenvalue weighted by atomic mass is 10.1. The second-order valence-electron chi connectivity index (χ2n) is 6.76. The van der Waals surface area contributed by atoms with Gasteiger partial charge in [0.25, 0.3) is 0 Å².